The highest BCUT2D eigenvalue weighted by molar-refractivity contribution is 7.16. The Morgan fingerprint density at radius 3 is 2.94 bits per heavy atom. The molecule has 6 nitrogen and oxygen atoms in total. The summed E-state index contributed by atoms with van der Waals surface area (Å²) >= 11 is 7.41. The Morgan fingerprint density at radius 2 is 2.25 bits per heavy atom. The van der Waals surface area contributed by atoms with Crippen LogP contribution in [0.1, 0.15) is 34.5 Å². The van der Waals surface area contributed by atoms with Gasteiger partial charge in [0.05, 0.1) is 7.11 Å². The number of nitrogens with one attached hydrogen (secondary N) is 2. The van der Waals surface area contributed by atoms with Crippen molar-refractivity contribution in [3.8, 4) is 17.9 Å². The number of ether oxygens (including phenoxy) is 1. The molecule has 2 aromatic rings. The second kappa shape index (κ2) is 9.56. The number of alkyl halides is 2. The van der Waals surface area contributed by atoms with Crippen LogP contribution >= 0.6 is 22.9 Å². The summed E-state index contributed by atoms with van der Waals surface area (Å²) in [5.41, 5.74) is 2.09. The molecule has 1 atom stereocenters. The highest BCUT2D eigenvalue weighted by Crippen LogP contribution is 2.32. The zero-order chi connectivity index (χ0) is 22.7. The molecule has 0 radical (unpaired) electrons. The summed E-state index contributed by atoms with van der Waals surface area (Å²) in [7, 11) is 1.47. The summed E-state index contributed by atoms with van der Waals surface area (Å²) < 4.78 is 32.0. The molecule has 0 saturated heterocycles. The van der Waals surface area contributed by atoms with Gasteiger partial charge in [-0.2, -0.15) is 5.26 Å². The minimum Gasteiger partial charge on any atom is -0.495 e. The number of aromatic nitrogens is 2. The van der Waals surface area contributed by atoms with Crippen molar-refractivity contribution in [1.82, 2.24) is 15.3 Å². The third kappa shape index (κ3) is 5.01. The Balaban J connectivity index is 1.60. The van der Waals surface area contributed by atoms with Gasteiger partial charge in [0.25, 0.3) is 6.43 Å². The van der Waals surface area contributed by atoms with E-state index in [4.69, 9.17) is 16.3 Å². The van der Waals surface area contributed by atoms with E-state index in [1.165, 1.54) is 30.7 Å². The SMILES string of the molecule is COC1=CNC(C(F)F)C=C1c1cc(Cl)ncc1CNc1nc(C#N)c(C#CC2CC2)s1. The van der Waals surface area contributed by atoms with Crippen molar-refractivity contribution in [2.24, 2.45) is 5.92 Å². The topological polar surface area (TPSA) is 82.9 Å². The number of halogens is 3. The molecule has 10 heteroatoms. The molecule has 2 N–H and O–H groups in total. The minimum absolute atomic E-state index is 0.228. The van der Waals surface area contributed by atoms with Crippen LogP contribution in [0.15, 0.2) is 30.3 Å². The van der Waals surface area contributed by atoms with Gasteiger partial charge in [0.15, 0.2) is 10.8 Å². The molecule has 164 valence electrons. The molecule has 32 heavy (non-hydrogen) atoms. The van der Waals surface area contributed by atoms with E-state index in [-0.39, 0.29) is 17.4 Å². The number of hydrogen-bond acceptors (Lipinski definition) is 7. The van der Waals surface area contributed by atoms with Crippen LogP contribution in [0.25, 0.3) is 5.57 Å². The number of thiazole rings is 1. The van der Waals surface area contributed by atoms with E-state index in [1.54, 1.807) is 12.3 Å². The molecule has 1 fully saturated rings. The van der Waals surface area contributed by atoms with Gasteiger partial charge in [-0.15, -0.1) is 0 Å². The quantitative estimate of drug-likeness (QED) is 0.473. The van der Waals surface area contributed by atoms with Gasteiger partial charge in [-0.25, -0.2) is 18.7 Å². The van der Waals surface area contributed by atoms with Crippen molar-refractivity contribution in [2.45, 2.75) is 31.9 Å². The number of dihydropyridines is 1. The largest absolute Gasteiger partial charge is 0.495 e. The summed E-state index contributed by atoms with van der Waals surface area (Å²) in [6, 6.07) is 2.53. The lowest BCUT2D eigenvalue weighted by Gasteiger charge is -2.24. The predicted octanol–water partition coefficient (Wildman–Crippen LogP) is 4.54. The van der Waals surface area contributed by atoms with E-state index in [9.17, 15) is 14.0 Å². The van der Waals surface area contributed by atoms with Crippen molar-refractivity contribution in [3.05, 3.63) is 57.1 Å². The first kappa shape index (κ1) is 22.1. The third-order valence-electron chi connectivity index (χ3n) is 4.88. The number of anilines is 1. The van der Waals surface area contributed by atoms with Crippen LogP contribution in [-0.2, 0) is 11.3 Å². The summed E-state index contributed by atoms with van der Waals surface area (Å²) in [6.07, 6.45) is 4.02. The smallest absolute Gasteiger partial charge is 0.261 e. The van der Waals surface area contributed by atoms with Crippen molar-refractivity contribution in [3.63, 3.8) is 0 Å². The molecule has 3 heterocycles. The van der Waals surface area contributed by atoms with Crippen LogP contribution in [0, 0.1) is 29.1 Å². The van der Waals surface area contributed by atoms with Crippen LogP contribution in [0.3, 0.4) is 0 Å². The number of nitriles is 1. The molecule has 1 unspecified atom stereocenters. The highest BCUT2D eigenvalue weighted by atomic mass is 35.5. The highest BCUT2D eigenvalue weighted by Gasteiger charge is 2.25. The number of pyridine rings is 1. The lowest BCUT2D eigenvalue weighted by Crippen LogP contribution is -2.33. The Morgan fingerprint density at radius 1 is 1.44 bits per heavy atom. The lowest BCUT2D eigenvalue weighted by atomic mass is 9.96. The molecule has 0 bridgehead atoms. The van der Waals surface area contributed by atoms with Gasteiger partial charge < -0.3 is 15.4 Å². The monoisotopic (exact) mass is 473 g/mol. The van der Waals surface area contributed by atoms with Gasteiger partial charge in [-0.05, 0) is 36.1 Å². The molecular formula is C22H18ClF2N5OS. The molecule has 2 aliphatic rings. The Hall–Kier alpha value is -3.14. The zero-order valence-electron chi connectivity index (χ0n) is 17.0. The summed E-state index contributed by atoms with van der Waals surface area (Å²) in [5.74, 6) is 7.01. The molecule has 0 spiro atoms. The zero-order valence-corrected chi connectivity index (χ0v) is 18.5. The van der Waals surface area contributed by atoms with E-state index in [2.05, 4.69) is 38.5 Å². The van der Waals surface area contributed by atoms with Gasteiger partial charge >= 0.3 is 0 Å². The Bertz CT molecular complexity index is 1190. The standard InChI is InChI=1S/C22H18ClF2N5OS/c1-31-18-11-27-16(21(24)25)6-15(18)14-7-20(23)28-9-13(14)10-29-22-30-17(8-26)19(32-22)5-4-12-2-3-12/h6-7,9,11-12,16,21,27H,2-3,10H2,1H3,(H,29,30). The average Bonchev–Trinajstić information content (AvgIpc) is 3.54. The first-order valence-corrected chi connectivity index (χ1v) is 11.0. The lowest BCUT2D eigenvalue weighted by molar-refractivity contribution is 0.122. The van der Waals surface area contributed by atoms with Gasteiger partial charge in [0.1, 0.15) is 27.9 Å². The molecule has 2 aromatic heterocycles. The van der Waals surface area contributed by atoms with Gasteiger partial charge in [-0.1, -0.05) is 34.8 Å². The van der Waals surface area contributed by atoms with Crippen LogP contribution < -0.4 is 10.6 Å². The van der Waals surface area contributed by atoms with Crippen LogP contribution in [-0.4, -0.2) is 29.5 Å². The van der Waals surface area contributed by atoms with E-state index in [0.29, 0.717) is 38.4 Å². The van der Waals surface area contributed by atoms with Crippen molar-refractivity contribution < 1.29 is 13.5 Å². The van der Waals surface area contributed by atoms with Crippen LogP contribution in [0.4, 0.5) is 13.9 Å². The third-order valence-corrected chi connectivity index (χ3v) is 6.02. The first-order valence-electron chi connectivity index (χ1n) is 9.80. The second-order valence-corrected chi connectivity index (χ2v) is 8.58. The maximum atomic E-state index is 13.3. The fourth-order valence-corrected chi connectivity index (χ4v) is 4.00. The number of hydrogen-bond donors (Lipinski definition) is 2. The van der Waals surface area contributed by atoms with Gasteiger partial charge in [-0.3, -0.25) is 0 Å². The van der Waals surface area contributed by atoms with Crippen LogP contribution in [0.2, 0.25) is 5.15 Å². The van der Waals surface area contributed by atoms with E-state index >= 15 is 0 Å². The summed E-state index contributed by atoms with van der Waals surface area (Å²) in [5, 5.41) is 15.9. The number of rotatable bonds is 6. The van der Waals surface area contributed by atoms with E-state index in [1.807, 2.05) is 0 Å². The Kier molecular flexibility index (Phi) is 6.59. The van der Waals surface area contributed by atoms with Crippen molar-refractivity contribution >= 4 is 33.6 Å². The molecule has 1 aliphatic carbocycles. The van der Waals surface area contributed by atoms with Crippen LogP contribution in [0.5, 0.6) is 0 Å². The fraction of sp³-hybridized carbons (Fsp3) is 0.318. The molecule has 4 rings (SSSR count). The predicted molar refractivity (Wildman–Crippen MR) is 119 cm³/mol. The number of allylic oxidation sites excluding steroid dienone is 1. The number of nitrogens with zero attached hydrogens (tertiary/aromatic N) is 3. The molecule has 0 amide bonds. The molecule has 1 saturated carbocycles. The van der Waals surface area contributed by atoms with Gasteiger partial charge in [0.2, 0.25) is 0 Å². The van der Waals surface area contributed by atoms with Crippen molar-refractivity contribution in [1.29, 1.82) is 5.26 Å². The summed E-state index contributed by atoms with van der Waals surface area (Å²) in [6.45, 7) is 0.286. The second-order valence-electron chi connectivity index (χ2n) is 7.19. The van der Waals surface area contributed by atoms with Crippen molar-refractivity contribution in [2.75, 3.05) is 12.4 Å². The fourth-order valence-electron chi connectivity index (χ4n) is 3.07. The number of methoxy groups -OCH3 is 1. The molecular weight excluding hydrogens is 456 g/mol. The normalized spacial score (nSPS) is 17.4. The maximum Gasteiger partial charge on any atom is 0.261 e. The van der Waals surface area contributed by atoms with E-state index < -0.39 is 12.5 Å². The van der Waals surface area contributed by atoms with Gasteiger partial charge in [0, 0.05) is 30.4 Å². The van der Waals surface area contributed by atoms with E-state index in [0.717, 1.165) is 12.8 Å². The Labute approximate surface area is 193 Å². The molecule has 1 aliphatic heterocycles. The summed E-state index contributed by atoms with van der Waals surface area (Å²) in [4.78, 5) is 9.06. The molecule has 0 aromatic carbocycles. The maximum absolute atomic E-state index is 13.3. The minimum atomic E-state index is -2.59. The average molecular weight is 474 g/mol. The first-order chi connectivity index (χ1) is 15.5.